The van der Waals surface area contributed by atoms with Crippen molar-refractivity contribution in [2.45, 2.75) is 0 Å². The Hall–Kier alpha value is -2.38. The number of rotatable bonds is 5. The number of carbonyl (C=O) groups is 1. The molecule has 0 unspecified atom stereocenters. The first-order valence-corrected chi connectivity index (χ1v) is 9.03. The van der Waals surface area contributed by atoms with E-state index in [1.165, 1.54) is 11.3 Å². The second-order valence-corrected chi connectivity index (χ2v) is 6.81. The summed E-state index contributed by atoms with van der Waals surface area (Å²) in [6.45, 7) is 0. The topological polar surface area (TPSA) is 60.5 Å². The molecule has 0 radical (unpaired) electrons. The maximum atomic E-state index is 12.4. The number of para-hydroxylation sites is 1. The number of nitrogens with one attached hydrogen (secondary N) is 1. The Morgan fingerprint density at radius 3 is 2.56 bits per heavy atom. The molecule has 5 nitrogen and oxygen atoms in total. The first kappa shape index (κ1) is 17.4. The van der Waals surface area contributed by atoms with Gasteiger partial charge < -0.3 is 14.8 Å². The highest BCUT2D eigenvalue weighted by molar-refractivity contribution is 9.10. The van der Waals surface area contributed by atoms with Crippen molar-refractivity contribution >= 4 is 38.9 Å². The molecule has 0 atom stereocenters. The van der Waals surface area contributed by atoms with E-state index in [9.17, 15) is 4.79 Å². The summed E-state index contributed by atoms with van der Waals surface area (Å²) < 4.78 is 11.7. The Kier molecular flexibility index (Phi) is 5.35. The van der Waals surface area contributed by atoms with Crippen LogP contribution in [0.4, 0.5) is 5.69 Å². The van der Waals surface area contributed by atoms with Gasteiger partial charge in [-0.25, -0.2) is 4.98 Å². The molecule has 1 heterocycles. The maximum Gasteiger partial charge on any atom is 0.275 e. The monoisotopic (exact) mass is 418 g/mol. The molecule has 128 valence electrons. The predicted molar refractivity (Wildman–Crippen MR) is 103 cm³/mol. The van der Waals surface area contributed by atoms with Gasteiger partial charge in [0, 0.05) is 15.5 Å². The molecule has 1 amide bonds. The summed E-state index contributed by atoms with van der Waals surface area (Å²) in [5.41, 5.74) is 1.85. The number of nitrogens with zero attached hydrogens (tertiary/aromatic N) is 1. The van der Waals surface area contributed by atoms with Gasteiger partial charge in [0.1, 0.15) is 10.7 Å². The van der Waals surface area contributed by atoms with Crippen LogP contribution in [0, 0.1) is 0 Å². The van der Waals surface area contributed by atoms with E-state index in [0.717, 1.165) is 10.0 Å². The van der Waals surface area contributed by atoms with Gasteiger partial charge in [-0.15, -0.1) is 11.3 Å². The number of halogens is 1. The van der Waals surface area contributed by atoms with Gasteiger partial charge in [0.05, 0.1) is 19.8 Å². The lowest BCUT2D eigenvalue weighted by Crippen LogP contribution is -2.12. The van der Waals surface area contributed by atoms with Crippen LogP contribution in [-0.4, -0.2) is 25.1 Å². The molecule has 0 aliphatic carbocycles. The quantitative estimate of drug-likeness (QED) is 0.643. The van der Waals surface area contributed by atoms with E-state index in [2.05, 4.69) is 26.2 Å². The van der Waals surface area contributed by atoms with Gasteiger partial charge in [-0.1, -0.05) is 22.0 Å². The average Bonchev–Trinajstić information content (AvgIpc) is 3.13. The number of thiazole rings is 1. The number of benzene rings is 2. The lowest BCUT2D eigenvalue weighted by molar-refractivity contribution is 0.102. The minimum Gasteiger partial charge on any atom is -0.493 e. The highest BCUT2D eigenvalue weighted by atomic mass is 79.9. The average molecular weight is 419 g/mol. The summed E-state index contributed by atoms with van der Waals surface area (Å²) in [7, 11) is 3.16. The third kappa shape index (κ3) is 3.83. The van der Waals surface area contributed by atoms with Crippen LogP contribution in [0.1, 0.15) is 10.5 Å². The SMILES string of the molecule is COc1cccc(-c2nc(C(=O)Nc3ccc(Br)cc3)cs2)c1OC. The zero-order valence-electron chi connectivity index (χ0n) is 13.6. The molecule has 7 heteroatoms. The molecule has 0 saturated heterocycles. The summed E-state index contributed by atoms with van der Waals surface area (Å²) in [6.07, 6.45) is 0. The van der Waals surface area contributed by atoms with Crippen LogP contribution < -0.4 is 14.8 Å². The minimum atomic E-state index is -0.258. The Labute approximate surface area is 157 Å². The second kappa shape index (κ2) is 7.67. The number of methoxy groups -OCH3 is 2. The summed E-state index contributed by atoms with van der Waals surface area (Å²) >= 11 is 4.74. The van der Waals surface area contributed by atoms with Crippen LogP contribution in [0.2, 0.25) is 0 Å². The van der Waals surface area contributed by atoms with Crippen molar-refractivity contribution in [3.05, 3.63) is 58.0 Å². The van der Waals surface area contributed by atoms with Crippen LogP contribution in [-0.2, 0) is 0 Å². The molecule has 0 saturated carbocycles. The van der Waals surface area contributed by atoms with Gasteiger partial charge in [-0.3, -0.25) is 4.79 Å². The molecule has 2 aromatic carbocycles. The first-order valence-electron chi connectivity index (χ1n) is 7.36. The fourth-order valence-corrected chi connectivity index (χ4v) is 3.37. The van der Waals surface area contributed by atoms with E-state index < -0.39 is 0 Å². The zero-order valence-corrected chi connectivity index (χ0v) is 16.0. The van der Waals surface area contributed by atoms with E-state index in [1.54, 1.807) is 19.6 Å². The number of hydrogen-bond donors (Lipinski definition) is 1. The zero-order chi connectivity index (χ0) is 17.8. The number of ether oxygens (including phenoxy) is 2. The highest BCUT2D eigenvalue weighted by Crippen LogP contribution is 2.39. The lowest BCUT2D eigenvalue weighted by atomic mass is 10.2. The van der Waals surface area contributed by atoms with Crippen LogP contribution in [0.25, 0.3) is 10.6 Å². The largest absolute Gasteiger partial charge is 0.493 e. The Balaban J connectivity index is 1.85. The summed E-state index contributed by atoms with van der Waals surface area (Å²) in [6, 6.07) is 12.9. The van der Waals surface area contributed by atoms with Crippen LogP contribution >= 0.6 is 27.3 Å². The third-order valence-electron chi connectivity index (χ3n) is 3.47. The van der Waals surface area contributed by atoms with Crippen LogP contribution in [0.3, 0.4) is 0 Å². The standard InChI is InChI=1S/C18H15BrN2O3S/c1-23-15-5-3-4-13(16(15)24-2)18-21-14(10-25-18)17(22)20-12-8-6-11(19)7-9-12/h3-10H,1-2H3,(H,20,22). The van der Waals surface area contributed by atoms with Crippen LogP contribution in [0.15, 0.2) is 52.3 Å². The Bertz CT molecular complexity index is 894. The van der Waals surface area contributed by atoms with E-state index in [4.69, 9.17) is 9.47 Å². The molecule has 0 aliphatic rings. The summed E-state index contributed by atoms with van der Waals surface area (Å²) in [5.74, 6) is 0.960. The number of anilines is 1. The molecular weight excluding hydrogens is 404 g/mol. The minimum absolute atomic E-state index is 0.258. The number of amides is 1. The van der Waals surface area contributed by atoms with Crippen molar-refractivity contribution < 1.29 is 14.3 Å². The molecule has 3 aromatic rings. The molecule has 3 rings (SSSR count). The number of aromatic nitrogens is 1. The smallest absolute Gasteiger partial charge is 0.275 e. The van der Waals surface area contributed by atoms with Crippen molar-refractivity contribution in [3.8, 4) is 22.1 Å². The third-order valence-corrected chi connectivity index (χ3v) is 4.88. The van der Waals surface area contributed by atoms with Gasteiger partial charge in [0.2, 0.25) is 0 Å². The molecular formula is C18H15BrN2O3S. The Morgan fingerprint density at radius 1 is 1.12 bits per heavy atom. The van der Waals surface area contributed by atoms with E-state index in [1.807, 2.05) is 42.5 Å². The fraction of sp³-hybridized carbons (Fsp3) is 0.111. The van der Waals surface area contributed by atoms with Gasteiger partial charge in [0.15, 0.2) is 11.5 Å². The molecule has 1 N–H and O–H groups in total. The van der Waals surface area contributed by atoms with Crippen molar-refractivity contribution in [3.63, 3.8) is 0 Å². The van der Waals surface area contributed by atoms with Gasteiger partial charge in [-0.2, -0.15) is 0 Å². The van der Waals surface area contributed by atoms with E-state index >= 15 is 0 Å². The number of carbonyl (C=O) groups excluding carboxylic acids is 1. The molecule has 0 aliphatic heterocycles. The van der Waals surface area contributed by atoms with Gasteiger partial charge in [-0.05, 0) is 36.4 Å². The van der Waals surface area contributed by atoms with E-state index in [-0.39, 0.29) is 5.91 Å². The molecule has 0 spiro atoms. The lowest BCUT2D eigenvalue weighted by Gasteiger charge is -2.10. The van der Waals surface area contributed by atoms with Crippen molar-refractivity contribution in [1.29, 1.82) is 0 Å². The highest BCUT2D eigenvalue weighted by Gasteiger charge is 2.17. The molecule has 1 aromatic heterocycles. The second-order valence-electron chi connectivity index (χ2n) is 5.04. The molecule has 0 bridgehead atoms. The number of hydrogen-bond acceptors (Lipinski definition) is 5. The van der Waals surface area contributed by atoms with Gasteiger partial charge >= 0.3 is 0 Å². The summed E-state index contributed by atoms with van der Waals surface area (Å²) in [4.78, 5) is 16.8. The first-order chi connectivity index (χ1) is 12.1. The molecule has 0 fully saturated rings. The maximum absolute atomic E-state index is 12.4. The van der Waals surface area contributed by atoms with Crippen molar-refractivity contribution in [1.82, 2.24) is 4.98 Å². The van der Waals surface area contributed by atoms with Crippen LogP contribution in [0.5, 0.6) is 11.5 Å². The van der Waals surface area contributed by atoms with Gasteiger partial charge in [0.25, 0.3) is 5.91 Å². The Morgan fingerprint density at radius 2 is 1.88 bits per heavy atom. The van der Waals surface area contributed by atoms with Crippen molar-refractivity contribution in [2.75, 3.05) is 19.5 Å². The predicted octanol–water partition coefficient (Wildman–Crippen LogP) is 4.84. The van der Waals surface area contributed by atoms with E-state index in [0.29, 0.717) is 27.9 Å². The van der Waals surface area contributed by atoms with Crippen molar-refractivity contribution in [2.24, 2.45) is 0 Å². The molecule has 25 heavy (non-hydrogen) atoms. The normalized spacial score (nSPS) is 10.4. The fourth-order valence-electron chi connectivity index (χ4n) is 2.29. The summed E-state index contributed by atoms with van der Waals surface area (Å²) in [5, 5.41) is 5.25.